The fourth-order valence-corrected chi connectivity index (χ4v) is 3.19. The maximum Gasteiger partial charge on any atom is 0.417 e. The SMILES string of the molecule is O=C(Nc1c(C(=O)Nc2cccc(F)c2)oc2ccccc12)c1ccccc1C(F)(F)F. The molecule has 0 atom stereocenters. The normalized spacial score (nSPS) is 11.4. The van der Waals surface area contributed by atoms with Crippen LogP contribution in [0.2, 0.25) is 0 Å². The second-order valence-electron chi connectivity index (χ2n) is 6.76. The third kappa shape index (κ3) is 4.18. The molecule has 1 aromatic heterocycles. The standard InChI is InChI=1S/C23H14F4N2O3/c24-13-6-5-7-14(12-13)28-22(31)20-19(16-9-2-4-11-18(16)32-20)29-21(30)15-8-1-3-10-17(15)23(25,26)27/h1-12H,(H,28,31)(H,29,30). The molecule has 0 fully saturated rings. The fourth-order valence-electron chi connectivity index (χ4n) is 3.19. The van der Waals surface area contributed by atoms with Crippen molar-refractivity contribution in [3.63, 3.8) is 0 Å². The summed E-state index contributed by atoms with van der Waals surface area (Å²) >= 11 is 0. The number of alkyl halides is 3. The van der Waals surface area contributed by atoms with E-state index in [2.05, 4.69) is 10.6 Å². The van der Waals surface area contributed by atoms with Crippen molar-refractivity contribution in [1.29, 1.82) is 0 Å². The van der Waals surface area contributed by atoms with E-state index in [1.165, 1.54) is 36.4 Å². The van der Waals surface area contributed by atoms with Crippen molar-refractivity contribution in [2.24, 2.45) is 0 Å². The van der Waals surface area contributed by atoms with Gasteiger partial charge in [0.05, 0.1) is 11.1 Å². The predicted octanol–water partition coefficient (Wildman–Crippen LogP) is 6.10. The second-order valence-corrected chi connectivity index (χ2v) is 6.76. The van der Waals surface area contributed by atoms with Gasteiger partial charge in [0, 0.05) is 11.1 Å². The van der Waals surface area contributed by atoms with Crippen molar-refractivity contribution in [3.8, 4) is 0 Å². The Morgan fingerprint density at radius 3 is 2.28 bits per heavy atom. The molecule has 0 bridgehead atoms. The average Bonchev–Trinajstić information content (AvgIpc) is 3.12. The molecule has 3 aromatic carbocycles. The number of benzene rings is 3. The summed E-state index contributed by atoms with van der Waals surface area (Å²) < 4.78 is 59.0. The number of nitrogens with one attached hydrogen (secondary N) is 2. The van der Waals surface area contributed by atoms with Gasteiger partial charge in [-0.05, 0) is 42.5 Å². The molecule has 4 rings (SSSR count). The fraction of sp³-hybridized carbons (Fsp3) is 0.0435. The summed E-state index contributed by atoms with van der Waals surface area (Å²) in [5.74, 6) is -2.80. The zero-order chi connectivity index (χ0) is 22.9. The van der Waals surface area contributed by atoms with E-state index in [9.17, 15) is 27.2 Å². The molecule has 1 heterocycles. The number of anilines is 2. The number of fused-ring (bicyclic) bond motifs is 1. The molecule has 0 unspecified atom stereocenters. The highest BCUT2D eigenvalue weighted by molar-refractivity contribution is 6.17. The molecule has 2 N–H and O–H groups in total. The van der Waals surface area contributed by atoms with Crippen LogP contribution in [0.5, 0.6) is 0 Å². The van der Waals surface area contributed by atoms with E-state index in [-0.39, 0.29) is 22.7 Å². The largest absolute Gasteiger partial charge is 0.449 e. The van der Waals surface area contributed by atoms with E-state index < -0.39 is 34.9 Å². The topological polar surface area (TPSA) is 71.3 Å². The van der Waals surface area contributed by atoms with E-state index in [0.717, 1.165) is 18.2 Å². The van der Waals surface area contributed by atoms with Crippen molar-refractivity contribution in [2.75, 3.05) is 10.6 Å². The van der Waals surface area contributed by atoms with Crippen molar-refractivity contribution in [1.82, 2.24) is 0 Å². The first-order valence-electron chi connectivity index (χ1n) is 9.30. The summed E-state index contributed by atoms with van der Waals surface area (Å²) in [4.78, 5) is 25.6. The molecule has 0 radical (unpaired) electrons. The van der Waals surface area contributed by atoms with Gasteiger partial charge in [0.1, 0.15) is 17.1 Å². The second kappa shape index (κ2) is 8.18. The summed E-state index contributed by atoms with van der Waals surface area (Å²) in [5.41, 5.74) is -1.46. The minimum absolute atomic E-state index is 0.100. The van der Waals surface area contributed by atoms with Gasteiger partial charge >= 0.3 is 6.18 Å². The molecule has 4 aromatic rings. The van der Waals surface area contributed by atoms with Crippen LogP contribution in [0.4, 0.5) is 28.9 Å². The van der Waals surface area contributed by atoms with Crippen LogP contribution in [-0.2, 0) is 6.18 Å². The van der Waals surface area contributed by atoms with Gasteiger partial charge in [-0.25, -0.2) is 4.39 Å². The molecule has 0 spiro atoms. The van der Waals surface area contributed by atoms with Crippen LogP contribution >= 0.6 is 0 Å². The third-order valence-electron chi connectivity index (χ3n) is 4.60. The number of hydrogen-bond donors (Lipinski definition) is 2. The Morgan fingerprint density at radius 1 is 0.812 bits per heavy atom. The van der Waals surface area contributed by atoms with Crippen LogP contribution in [0.25, 0.3) is 11.0 Å². The monoisotopic (exact) mass is 442 g/mol. The Balaban J connectivity index is 1.73. The number of furan rings is 1. The lowest BCUT2D eigenvalue weighted by atomic mass is 10.1. The number of rotatable bonds is 4. The molecule has 5 nitrogen and oxygen atoms in total. The van der Waals surface area contributed by atoms with Crippen LogP contribution in [0.15, 0.2) is 77.2 Å². The van der Waals surface area contributed by atoms with Crippen LogP contribution in [0, 0.1) is 5.82 Å². The lowest BCUT2D eigenvalue weighted by molar-refractivity contribution is -0.137. The third-order valence-corrected chi connectivity index (χ3v) is 4.60. The molecular weight excluding hydrogens is 428 g/mol. The van der Waals surface area contributed by atoms with E-state index in [1.807, 2.05) is 0 Å². The Morgan fingerprint density at radius 2 is 1.53 bits per heavy atom. The summed E-state index contributed by atoms with van der Waals surface area (Å²) in [5, 5.41) is 5.13. The van der Waals surface area contributed by atoms with Crippen molar-refractivity contribution >= 4 is 34.2 Å². The summed E-state index contributed by atoms with van der Waals surface area (Å²) in [6, 6.07) is 15.7. The number of para-hydroxylation sites is 1. The van der Waals surface area contributed by atoms with Crippen LogP contribution in [-0.4, -0.2) is 11.8 Å². The summed E-state index contributed by atoms with van der Waals surface area (Å²) in [6.07, 6.45) is -4.75. The first-order valence-corrected chi connectivity index (χ1v) is 9.30. The summed E-state index contributed by atoms with van der Waals surface area (Å²) in [6.45, 7) is 0. The molecule has 0 saturated heterocycles. The number of hydrogen-bond acceptors (Lipinski definition) is 3. The molecule has 9 heteroatoms. The molecule has 0 aliphatic heterocycles. The number of carbonyl (C=O) groups excluding carboxylic acids is 2. The van der Waals surface area contributed by atoms with E-state index in [0.29, 0.717) is 5.39 Å². The van der Waals surface area contributed by atoms with E-state index in [1.54, 1.807) is 18.2 Å². The van der Waals surface area contributed by atoms with Gasteiger partial charge in [0.15, 0.2) is 0 Å². The molecule has 0 saturated carbocycles. The smallest absolute Gasteiger partial charge is 0.417 e. The first-order chi connectivity index (χ1) is 15.2. The van der Waals surface area contributed by atoms with E-state index in [4.69, 9.17) is 4.42 Å². The molecular formula is C23H14F4N2O3. The molecule has 0 aliphatic carbocycles. The lowest BCUT2D eigenvalue weighted by Gasteiger charge is -2.13. The average molecular weight is 442 g/mol. The minimum Gasteiger partial charge on any atom is -0.449 e. The summed E-state index contributed by atoms with van der Waals surface area (Å²) in [7, 11) is 0. The molecule has 32 heavy (non-hydrogen) atoms. The predicted molar refractivity (Wildman–Crippen MR) is 110 cm³/mol. The Labute approximate surface area is 178 Å². The van der Waals surface area contributed by atoms with Gasteiger partial charge in [-0.15, -0.1) is 0 Å². The zero-order valence-corrected chi connectivity index (χ0v) is 16.2. The quantitative estimate of drug-likeness (QED) is 0.376. The van der Waals surface area contributed by atoms with Crippen molar-refractivity contribution < 1.29 is 31.6 Å². The van der Waals surface area contributed by atoms with Gasteiger partial charge in [-0.1, -0.05) is 30.3 Å². The van der Waals surface area contributed by atoms with Crippen LogP contribution < -0.4 is 10.6 Å². The molecule has 162 valence electrons. The highest BCUT2D eigenvalue weighted by Crippen LogP contribution is 2.35. The first kappa shape index (κ1) is 21.1. The number of carbonyl (C=O) groups is 2. The van der Waals surface area contributed by atoms with Crippen LogP contribution in [0.1, 0.15) is 26.5 Å². The van der Waals surface area contributed by atoms with Crippen LogP contribution in [0.3, 0.4) is 0 Å². The molecule has 0 aliphatic rings. The van der Waals surface area contributed by atoms with Crippen molar-refractivity contribution in [2.45, 2.75) is 6.18 Å². The van der Waals surface area contributed by atoms with Gasteiger partial charge in [-0.2, -0.15) is 13.2 Å². The van der Waals surface area contributed by atoms with Crippen molar-refractivity contribution in [3.05, 3.63) is 95.5 Å². The Hall–Kier alpha value is -4.14. The number of amides is 2. The Bertz CT molecular complexity index is 1330. The van der Waals surface area contributed by atoms with Gasteiger partial charge < -0.3 is 15.1 Å². The highest BCUT2D eigenvalue weighted by Gasteiger charge is 2.35. The zero-order valence-electron chi connectivity index (χ0n) is 16.2. The van der Waals surface area contributed by atoms with Gasteiger partial charge in [-0.3, -0.25) is 9.59 Å². The minimum atomic E-state index is -4.75. The maximum absolute atomic E-state index is 13.4. The van der Waals surface area contributed by atoms with E-state index >= 15 is 0 Å². The lowest BCUT2D eigenvalue weighted by Crippen LogP contribution is -2.20. The molecule has 2 amide bonds. The Kier molecular flexibility index (Phi) is 5.40. The van der Waals surface area contributed by atoms with Gasteiger partial charge in [0.2, 0.25) is 5.76 Å². The highest BCUT2D eigenvalue weighted by atomic mass is 19.4. The number of halogens is 4. The maximum atomic E-state index is 13.4. The van der Waals surface area contributed by atoms with Gasteiger partial charge in [0.25, 0.3) is 11.8 Å².